The fourth-order valence-electron chi connectivity index (χ4n) is 2.29. The molecule has 0 aliphatic heterocycles. The van der Waals surface area contributed by atoms with Crippen LogP contribution in [0.25, 0.3) is 22.3 Å². The van der Waals surface area contributed by atoms with E-state index in [0.29, 0.717) is 24.6 Å². The lowest BCUT2D eigenvalue weighted by Gasteiger charge is -2.04. The number of aromatic amines is 1. The number of fused-ring (bicyclic) bond motifs is 1. The minimum Gasteiger partial charge on any atom is -0.383 e. The van der Waals surface area contributed by atoms with Gasteiger partial charge in [0.2, 0.25) is 0 Å². The van der Waals surface area contributed by atoms with Crippen molar-refractivity contribution >= 4 is 22.5 Å². The van der Waals surface area contributed by atoms with Gasteiger partial charge in [0.1, 0.15) is 17.8 Å². The van der Waals surface area contributed by atoms with Crippen LogP contribution in [0.4, 0.5) is 11.5 Å². The molecule has 3 aromatic rings. The minimum atomic E-state index is -0.413. The summed E-state index contributed by atoms with van der Waals surface area (Å²) in [4.78, 5) is 22.1. The zero-order chi connectivity index (χ0) is 16.2. The third kappa shape index (κ3) is 3.11. The molecule has 3 rings (SSSR count). The number of benzene rings is 1. The van der Waals surface area contributed by atoms with Crippen LogP contribution in [0.2, 0.25) is 0 Å². The molecule has 0 atom stereocenters. The van der Waals surface area contributed by atoms with Gasteiger partial charge in [0.15, 0.2) is 0 Å². The highest BCUT2D eigenvalue weighted by Crippen LogP contribution is 2.28. The molecule has 0 bridgehead atoms. The van der Waals surface area contributed by atoms with Crippen molar-refractivity contribution in [1.82, 2.24) is 15.0 Å². The van der Waals surface area contributed by atoms with Crippen molar-refractivity contribution in [3.8, 4) is 11.3 Å². The summed E-state index contributed by atoms with van der Waals surface area (Å²) < 4.78 is 5.01. The summed E-state index contributed by atoms with van der Waals surface area (Å²) in [6.45, 7) is 1.19. The highest BCUT2D eigenvalue weighted by atomic mass is 16.6. The van der Waals surface area contributed by atoms with E-state index in [2.05, 4.69) is 20.3 Å². The van der Waals surface area contributed by atoms with Crippen LogP contribution in [-0.4, -0.2) is 40.1 Å². The Morgan fingerprint density at radius 3 is 3.00 bits per heavy atom. The van der Waals surface area contributed by atoms with Crippen LogP contribution in [0, 0.1) is 10.1 Å². The quantitative estimate of drug-likeness (QED) is 0.411. The van der Waals surface area contributed by atoms with E-state index in [1.165, 1.54) is 18.5 Å². The first-order valence-electron chi connectivity index (χ1n) is 7.00. The number of ether oxygens (including phenoxy) is 1. The molecule has 23 heavy (non-hydrogen) atoms. The molecule has 0 aliphatic carbocycles. The number of rotatable bonds is 6. The minimum absolute atomic E-state index is 0.0469. The van der Waals surface area contributed by atoms with Gasteiger partial charge in [0, 0.05) is 37.0 Å². The number of H-pyrrole nitrogens is 1. The van der Waals surface area contributed by atoms with E-state index in [1.807, 2.05) is 12.1 Å². The molecule has 0 saturated carbocycles. The lowest BCUT2D eigenvalue weighted by molar-refractivity contribution is -0.384. The van der Waals surface area contributed by atoms with Crippen molar-refractivity contribution in [1.29, 1.82) is 0 Å². The Bertz CT molecular complexity index is 846. The first-order chi connectivity index (χ1) is 11.2. The van der Waals surface area contributed by atoms with Crippen LogP contribution in [0.5, 0.6) is 0 Å². The van der Waals surface area contributed by atoms with E-state index >= 15 is 0 Å². The molecule has 0 fully saturated rings. The van der Waals surface area contributed by atoms with E-state index < -0.39 is 4.92 Å². The molecule has 0 aliphatic rings. The fraction of sp³-hybridized carbons (Fsp3) is 0.200. The summed E-state index contributed by atoms with van der Waals surface area (Å²) in [6, 6.07) is 8.33. The largest absolute Gasteiger partial charge is 0.383 e. The number of anilines is 1. The number of aromatic nitrogens is 3. The molecule has 0 amide bonds. The maximum absolute atomic E-state index is 10.9. The van der Waals surface area contributed by atoms with Crippen LogP contribution in [0.1, 0.15) is 0 Å². The summed E-state index contributed by atoms with van der Waals surface area (Å²) in [7, 11) is 1.63. The van der Waals surface area contributed by atoms with Crippen molar-refractivity contribution in [3.63, 3.8) is 0 Å². The van der Waals surface area contributed by atoms with Gasteiger partial charge >= 0.3 is 0 Å². The Morgan fingerprint density at radius 2 is 2.22 bits per heavy atom. The Labute approximate surface area is 131 Å². The van der Waals surface area contributed by atoms with Gasteiger partial charge in [-0.2, -0.15) is 0 Å². The smallest absolute Gasteiger partial charge is 0.270 e. The molecule has 8 nitrogen and oxygen atoms in total. The van der Waals surface area contributed by atoms with Gasteiger partial charge in [-0.3, -0.25) is 10.1 Å². The van der Waals surface area contributed by atoms with Gasteiger partial charge in [-0.15, -0.1) is 0 Å². The fourth-order valence-corrected chi connectivity index (χ4v) is 2.29. The highest BCUT2D eigenvalue weighted by Gasteiger charge is 2.12. The summed E-state index contributed by atoms with van der Waals surface area (Å²) in [5, 5.41) is 14.9. The van der Waals surface area contributed by atoms with E-state index in [1.54, 1.807) is 13.2 Å². The van der Waals surface area contributed by atoms with Crippen LogP contribution in [0.15, 0.2) is 36.7 Å². The number of methoxy groups -OCH3 is 1. The molecule has 2 heterocycles. The van der Waals surface area contributed by atoms with Gasteiger partial charge in [0.05, 0.1) is 16.9 Å². The van der Waals surface area contributed by atoms with Gasteiger partial charge in [-0.25, -0.2) is 9.97 Å². The lowest BCUT2D eigenvalue weighted by atomic mass is 10.1. The molecular weight excluding hydrogens is 298 g/mol. The van der Waals surface area contributed by atoms with Crippen LogP contribution in [0.3, 0.4) is 0 Å². The Hall–Kier alpha value is -3.00. The molecule has 0 saturated heterocycles. The van der Waals surface area contributed by atoms with Crippen molar-refractivity contribution < 1.29 is 9.66 Å². The topological polar surface area (TPSA) is 106 Å². The standard InChI is InChI=1S/C15H15N5O3/c1-23-6-5-16-14-12-8-13(19-15(12)18-9-17-14)10-3-2-4-11(7-10)20(21)22/h2-4,7-9H,5-6H2,1H3,(H2,16,17,18,19). The molecule has 1 aromatic carbocycles. The molecule has 0 radical (unpaired) electrons. The summed E-state index contributed by atoms with van der Waals surface area (Å²) in [5.41, 5.74) is 2.19. The summed E-state index contributed by atoms with van der Waals surface area (Å²) in [6.07, 6.45) is 1.46. The van der Waals surface area contributed by atoms with Gasteiger partial charge < -0.3 is 15.0 Å². The number of hydrogen-bond donors (Lipinski definition) is 2. The maximum atomic E-state index is 10.9. The van der Waals surface area contributed by atoms with Crippen LogP contribution in [-0.2, 0) is 4.74 Å². The number of nitro groups is 1. The number of nitrogens with zero attached hydrogens (tertiary/aromatic N) is 3. The normalized spacial score (nSPS) is 10.8. The SMILES string of the molecule is COCCNc1ncnc2[nH]c(-c3cccc([N+](=O)[O-])c3)cc12. The second-order valence-corrected chi connectivity index (χ2v) is 4.89. The Morgan fingerprint density at radius 1 is 1.35 bits per heavy atom. The number of nitrogens with one attached hydrogen (secondary N) is 2. The van der Waals surface area contributed by atoms with E-state index in [0.717, 1.165) is 16.6 Å². The number of hydrogen-bond acceptors (Lipinski definition) is 6. The first kappa shape index (κ1) is 14.9. The number of nitro benzene ring substituents is 1. The van der Waals surface area contributed by atoms with Gasteiger partial charge in [0.25, 0.3) is 5.69 Å². The summed E-state index contributed by atoms with van der Waals surface area (Å²) in [5.74, 6) is 0.694. The predicted molar refractivity (Wildman–Crippen MR) is 86.3 cm³/mol. The van der Waals surface area contributed by atoms with Crippen LogP contribution < -0.4 is 5.32 Å². The monoisotopic (exact) mass is 313 g/mol. The molecule has 0 unspecified atom stereocenters. The van der Waals surface area contributed by atoms with Gasteiger partial charge in [-0.05, 0) is 6.07 Å². The van der Waals surface area contributed by atoms with Crippen molar-refractivity contribution in [2.75, 3.05) is 25.6 Å². The van der Waals surface area contributed by atoms with Crippen molar-refractivity contribution in [2.24, 2.45) is 0 Å². The summed E-state index contributed by atoms with van der Waals surface area (Å²) >= 11 is 0. The molecule has 2 N–H and O–H groups in total. The molecule has 0 spiro atoms. The molecule has 8 heteroatoms. The predicted octanol–water partition coefficient (Wildman–Crippen LogP) is 2.59. The van der Waals surface area contributed by atoms with Gasteiger partial charge in [-0.1, -0.05) is 12.1 Å². The van der Waals surface area contributed by atoms with Crippen LogP contribution >= 0.6 is 0 Å². The Kier molecular flexibility index (Phi) is 4.15. The lowest BCUT2D eigenvalue weighted by Crippen LogP contribution is -2.09. The second-order valence-electron chi connectivity index (χ2n) is 4.89. The van der Waals surface area contributed by atoms with Crippen molar-refractivity contribution in [2.45, 2.75) is 0 Å². The Balaban J connectivity index is 1.98. The molecule has 118 valence electrons. The molecular formula is C15H15N5O3. The maximum Gasteiger partial charge on any atom is 0.270 e. The van der Waals surface area contributed by atoms with E-state index in [-0.39, 0.29) is 5.69 Å². The first-order valence-corrected chi connectivity index (χ1v) is 7.00. The highest BCUT2D eigenvalue weighted by molar-refractivity contribution is 5.91. The third-order valence-corrected chi connectivity index (χ3v) is 3.39. The zero-order valence-corrected chi connectivity index (χ0v) is 12.4. The van der Waals surface area contributed by atoms with E-state index in [9.17, 15) is 10.1 Å². The zero-order valence-electron chi connectivity index (χ0n) is 12.4. The number of non-ortho nitro benzene ring substituents is 1. The second kappa shape index (κ2) is 6.41. The third-order valence-electron chi connectivity index (χ3n) is 3.39. The van der Waals surface area contributed by atoms with Crippen molar-refractivity contribution in [3.05, 3.63) is 46.8 Å². The average Bonchev–Trinajstić information content (AvgIpc) is 3.00. The molecule has 2 aromatic heterocycles. The van der Waals surface area contributed by atoms with E-state index in [4.69, 9.17) is 4.74 Å². The average molecular weight is 313 g/mol.